The van der Waals surface area contributed by atoms with Gasteiger partial charge >= 0.3 is 5.97 Å². The molecule has 0 saturated carbocycles. The molecule has 0 fully saturated rings. The molecule has 1 atom stereocenters. The van der Waals surface area contributed by atoms with E-state index in [4.69, 9.17) is 9.47 Å². The number of carbonyl (C=O) groups excluding carboxylic acids is 2. The summed E-state index contributed by atoms with van der Waals surface area (Å²) in [6.07, 6.45) is 4.01. The van der Waals surface area contributed by atoms with E-state index in [1.165, 1.54) is 5.01 Å². The molecule has 148 valence electrons. The van der Waals surface area contributed by atoms with Gasteiger partial charge in [0.25, 0.3) is 5.91 Å². The van der Waals surface area contributed by atoms with Gasteiger partial charge in [-0.2, -0.15) is 5.10 Å². The van der Waals surface area contributed by atoms with Crippen LogP contribution >= 0.6 is 0 Å². The molecule has 0 unspecified atom stereocenters. The molecule has 4 rings (SSSR count). The van der Waals surface area contributed by atoms with Gasteiger partial charge in [-0.1, -0.05) is 48.5 Å². The summed E-state index contributed by atoms with van der Waals surface area (Å²) in [5.74, 6) is -0.0152. The third-order valence-electron chi connectivity index (χ3n) is 5.17. The van der Waals surface area contributed by atoms with Gasteiger partial charge in [-0.05, 0) is 36.1 Å². The largest absolute Gasteiger partial charge is 0.497 e. The first-order valence-corrected chi connectivity index (χ1v) is 9.61. The third kappa shape index (κ3) is 4.06. The van der Waals surface area contributed by atoms with E-state index in [0.29, 0.717) is 18.4 Å². The van der Waals surface area contributed by atoms with Gasteiger partial charge in [-0.15, -0.1) is 0 Å². The van der Waals surface area contributed by atoms with Crippen LogP contribution in [0.15, 0.2) is 71.3 Å². The Bertz CT molecular complexity index is 964. The van der Waals surface area contributed by atoms with Crippen molar-refractivity contribution in [2.75, 3.05) is 13.7 Å². The molecule has 0 N–H and O–H groups in total. The average Bonchev–Trinajstić information content (AvgIpc) is 3.17. The summed E-state index contributed by atoms with van der Waals surface area (Å²) < 4.78 is 10.4. The molecule has 2 aliphatic rings. The lowest BCUT2D eigenvalue weighted by Gasteiger charge is -2.22. The van der Waals surface area contributed by atoms with E-state index in [1.54, 1.807) is 7.11 Å². The molecule has 0 aromatic heterocycles. The number of ether oxygens (including phenoxy) is 2. The lowest BCUT2D eigenvalue weighted by Crippen LogP contribution is -2.31. The summed E-state index contributed by atoms with van der Waals surface area (Å²) in [4.78, 5) is 24.8. The van der Waals surface area contributed by atoms with Crippen LogP contribution in [-0.4, -0.2) is 36.3 Å². The Kier molecular flexibility index (Phi) is 5.42. The second kappa shape index (κ2) is 8.31. The minimum absolute atomic E-state index is 0.259. The first kappa shape index (κ1) is 18.9. The number of hydrogen-bond acceptors (Lipinski definition) is 5. The van der Waals surface area contributed by atoms with Crippen molar-refractivity contribution in [3.63, 3.8) is 0 Å². The van der Waals surface area contributed by atoms with Gasteiger partial charge in [-0.25, -0.2) is 9.80 Å². The molecule has 29 heavy (non-hydrogen) atoms. The molecular formula is C23H22N2O4. The quantitative estimate of drug-likeness (QED) is 0.707. The van der Waals surface area contributed by atoms with Crippen molar-refractivity contribution in [1.29, 1.82) is 0 Å². The number of benzene rings is 2. The number of rotatable bonds is 6. The molecule has 0 spiro atoms. The van der Waals surface area contributed by atoms with E-state index >= 15 is 0 Å². The van der Waals surface area contributed by atoms with Gasteiger partial charge < -0.3 is 9.47 Å². The highest BCUT2D eigenvalue weighted by molar-refractivity contribution is 6.03. The smallest absolute Gasteiger partial charge is 0.334 e. The summed E-state index contributed by atoms with van der Waals surface area (Å²) in [6, 6.07) is 17.1. The fourth-order valence-electron chi connectivity index (χ4n) is 3.39. The van der Waals surface area contributed by atoms with Crippen molar-refractivity contribution in [3.05, 3.63) is 77.4 Å². The Morgan fingerprint density at radius 2 is 1.83 bits per heavy atom. The molecular weight excluding hydrogens is 368 g/mol. The Morgan fingerprint density at radius 1 is 1.10 bits per heavy atom. The van der Waals surface area contributed by atoms with Crippen molar-refractivity contribution in [3.8, 4) is 5.75 Å². The minimum Gasteiger partial charge on any atom is -0.497 e. The minimum atomic E-state index is -0.419. The molecule has 0 saturated heterocycles. The second-order valence-electron chi connectivity index (χ2n) is 6.99. The maximum Gasteiger partial charge on any atom is 0.334 e. The van der Waals surface area contributed by atoms with Gasteiger partial charge in [0.2, 0.25) is 0 Å². The normalized spacial score (nSPS) is 17.8. The Balaban J connectivity index is 1.55. The number of methoxy groups -OCH3 is 1. The Hall–Kier alpha value is -3.41. The van der Waals surface area contributed by atoms with Crippen molar-refractivity contribution >= 4 is 17.6 Å². The molecule has 1 aliphatic heterocycles. The van der Waals surface area contributed by atoms with Gasteiger partial charge in [0.05, 0.1) is 18.9 Å². The van der Waals surface area contributed by atoms with Gasteiger partial charge in [-0.3, -0.25) is 4.79 Å². The van der Waals surface area contributed by atoms with Gasteiger partial charge in [0, 0.05) is 12.0 Å². The van der Waals surface area contributed by atoms with Crippen LogP contribution in [0.3, 0.4) is 0 Å². The van der Waals surface area contributed by atoms with Crippen LogP contribution in [0.25, 0.3) is 0 Å². The monoisotopic (exact) mass is 390 g/mol. The van der Waals surface area contributed by atoms with E-state index in [0.717, 1.165) is 29.0 Å². The van der Waals surface area contributed by atoms with Crippen LogP contribution in [0.1, 0.15) is 36.4 Å². The SMILES string of the molecule is COc1ccc([C@H]2CC(c3ccccc3)=NN2C(=O)COC(=O)C2=CCC2)cc1. The topological polar surface area (TPSA) is 68.2 Å². The van der Waals surface area contributed by atoms with Crippen molar-refractivity contribution in [2.45, 2.75) is 25.3 Å². The number of hydrazone groups is 1. The standard InChI is InChI=1S/C23H22N2O4/c1-28-19-12-10-17(11-13-19)21-14-20(16-6-3-2-4-7-16)24-25(21)22(26)15-29-23(27)18-8-5-9-18/h2-4,6-8,10-13,21H,5,9,14-15H2,1H3/t21-/m1/s1. The van der Waals surface area contributed by atoms with Crippen molar-refractivity contribution in [1.82, 2.24) is 5.01 Å². The number of nitrogens with zero attached hydrogens (tertiary/aromatic N) is 2. The predicted molar refractivity (Wildman–Crippen MR) is 108 cm³/mol. The number of amides is 1. The zero-order valence-electron chi connectivity index (χ0n) is 16.2. The zero-order chi connectivity index (χ0) is 20.2. The summed E-state index contributed by atoms with van der Waals surface area (Å²) in [5.41, 5.74) is 3.38. The van der Waals surface area contributed by atoms with Crippen molar-refractivity contribution in [2.24, 2.45) is 5.10 Å². The van der Waals surface area contributed by atoms with E-state index in [2.05, 4.69) is 5.10 Å². The molecule has 6 nitrogen and oxygen atoms in total. The fraction of sp³-hybridized carbons (Fsp3) is 0.261. The summed E-state index contributed by atoms with van der Waals surface area (Å²) in [5, 5.41) is 6.02. The lowest BCUT2D eigenvalue weighted by atomic mass is 9.98. The molecule has 1 heterocycles. The highest BCUT2D eigenvalue weighted by Crippen LogP contribution is 2.33. The predicted octanol–water partition coefficient (Wildman–Crippen LogP) is 3.64. The molecule has 2 aromatic carbocycles. The van der Waals surface area contributed by atoms with E-state index in [-0.39, 0.29) is 18.6 Å². The van der Waals surface area contributed by atoms with Gasteiger partial charge in [0.1, 0.15) is 5.75 Å². The van der Waals surface area contributed by atoms with E-state index in [1.807, 2.05) is 60.7 Å². The van der Waals surface area contributed by atoms with Gasteiger partial charge in [0.15, 0.2) is 6.61 Å². The highest BCUT2D eigenvalue weighted by atomic mass is 16.5. The summed E-state index contributed by atoms with van der Waals surface area (Å²) >= 11 is 0. The van der Waals surface area contributed by atoms with E-state index < -0.39 is 5.97 Å². The molecule has 2 aromatic rings. The number of hydrogen-bond donors (Lipinski definition) is 0. The number of esters is 1. The maximum absolute atomic E-state index is 12.9. The third-order valence-corrected chi connectivity index (χ3v) is 5.17. The Labute approximate surface area is 169 Å². The van der Waals surface area contributed by atoms with Crippen LogP contribution in [0.5, 0.6) is 5.75 Å². The first-order chi connectivity index (χ1) is 14.2. The zero-order valence-corrected chi connectivity index (χ0v) is 16.2. The van der Waals surface area contributed by atoms with E-state index in [9.17, 15) is 9.59 Å². The summed E-state index contributed by atoms with van der Waals surface area (Å²) in [6.45, 7) is -0.325. The molecule has 6 heteroatoms. The fourth-order valence-corrected chi connectivity index (χ4v) is 3.39. The lowest BCUT2D eigenvalue weighted by molar-refractivity contribution is -0.150. The summed E-state index contributed by atoms with van der Waals surface area (Å²) in [7, 11) is 1.61. The second-order valence-corrected chi connectivity index (χ2v) is 6.99. The van der Waals surface area contributed by atoms with Crippen LogP contribution in [0, 0.1) is 0 Å². The number of carbonyl (C=O) groups is 2. The van der Waals surface area contributed by atoms with Crippen LogP contribution in [0.4, 0.5) is 0 Å². The average molecular weight is 390 g/mol. The van der Waals surface area contributed by atoms with Crippen molar-refractivity contribution < 1.29 is 19.1 Å². The van der Waals surface area contributed by atoms with Crippen LogP contribution in [-0.2, 0) is 14.3 Å². The Morgan fingerprint density at radius 3 is 2.45 bits per heavy atom. The van der Waals surface area contributed by atoms with Crippen LogP contribution < -0.4 is 4.74 Å². The molecule has 1 aliphatic carbocycles. The number of allylic oxidation sites excluding steroid dienone is 1. The highest BCUT2D eigenvalue weighted by Gasteiger charge is 2.33. The van der Waals surface area contributed by atoms with Crippen LogP contribution in [0.2, 0.25) is 0 Å². The molecule has 0 radical (unpaired) electrons. The molecule has 0 bridgehead atoms. The first-order valence-electron chi connectivity index (χ1n) is 9.61. The maximum atomic E-state index is 12.9. The molecule has 1 amide bonds.